The van der Waals surface area contributed by atoms with Gasteiger partial charge in [-0.15, -0.1) is 0 Å². The van der Waals surface area contributed by atoms with Crippen LogP contribution in [0.3, 0.4) is 0 Å². The molecular formula is C13H8Br2Cl6. The van der Waals surface area contributed by atoms with Gasteiger partial charge in [0.2, 0.25) is 0 Å². The van der Waals surface area contributed by atoms with E-state index in [-0.39, 0.29) is 13.8 Å². The second-order valence-corrected chi connectivity index (χ2v) is 11.0. The highest BCUT2D eigenvalue weighted by Crippen LogP contribution is 2.61. The van der Waals surface area contributed by atoms with Crippen LogP contribution in [0.4, 0.5) is 0 Å². The summed E-state index contributed by atoms with van der Waals surface area (Å²) >= 11 is 45.1. The number of hydrogen-bond acceptors (Lipinski definition) is 0. The fourth-order valence-corrected chi connectivity index (χ4v) is 5.20. The molecule has 0 spiro atoms. The molecule has 0 atom stereocenters. The van der Waals surface area contributed by atoms with E-state index < -0.39 is 8.67 Å². The summed E-state index contributed by atoms with van der Waals surface area (Å²) in [6, 6.07) is 0. The molecule has 0 aliphatic heterocycles. The maximum Gasteiger partial charge on any atom is 0.191 e. The van der Waals surface area contributed by atoms with Crippen LogP contribution in [0.1, 0.15) is 12.8 Å². The Morgan fingerprint density at radius 1 is 1.05 bits per heavy atom. The van der Waals surface area contributed by atoms with Crippen LogP contribution < -0.4 is 0 Å². The van der Waals surface area contributed by atoms with E-state index in [1.54, 1.807) is 0 Å². The Labute approximate surface area is 170 Å². The minimum Gasteiger partial charge on any atom is -0.0925 e. The van der Waals surface area contributed by atoms with E-state index in [0.29, 0.717) is 11.1 Å². The van der Waals surface area contributed by atoms with Gasteiger partial charge in [0.15, 0.2) is 8.67 Å². The summed E-state index contributed by atoms with van der Waals surface area (Å²) in [7, 11) is 0. The summed E-state index contributed by atoms with van der Waals surface area (Å²) in [5.41, 5.74) is 2.13. The van der Waals surface area contributed by atoms with Gasteiger partial charge >= 0.3 is 0 Å². The molecule has 0 heterocycles. The van der Waals surface area contributed by atoms with E-state index in [1.807, 2.05) is 12.2 Å². The van der Waals surface area contributed by atoms with Crippen molar-refractivity contribution in [2.24, 2.45) is 0 Å². The van der Waals surface area contributed by atoms with Crippen LogP contribution in [-0.2, 0) is 0 Å². The third-order valence-electron chi connectivity index (χ3n) is 3.24. The van der Waals surface area contributed by atoms with Gasteiger partial charge in [0.25, 0.3) is 0 Å². The molecule has 0 aromatic carbocycles. The maximum atomic E-state index is 6.52. The van der Waals surface area contributed by atoms with Gasteiger partial charge in [0.05, 0.1) is 13.8 Å². The second kappa shape index (κ2) is 6.88. The average Bonchev–Trinajstić information content (AvgIpc) is 2.41. The normalized spacial score (nSPS) is 24.7. The first-order chi connectivity index (χ1) is 9.62. The molecule has 8 heteroatoms. The molecule has 0 amide bonds. The van der Waals surface area contributed by atoms with Crippen LogP contribution in [0.5, 0.6) is 0 Å². The fraction of sp³-hybridized carbons (Fsp3) is 0.385. The molecule has 21 heavy (non-hydrogen) atoms. The first kappa shape index (κ1) is 19.0. The van der Waals surface area contributed by atoms with Crippen LogP contribution in [-0.4, -0.2) is 12.4 Å². The van der Waals surface area contributed by atoms with Crippen molar-refractivity contribution in [2.45, 2.75) is 25.2 Å². The van der Waals surface area contributed by atoms with E-state index in [2.05, 4.69) is 37.9 Å². The van der Waals surface area contributed by atoms with Crippen molar-refractivity contribution in [3.8, 4) is 0 Å². The fourth-order valence-electron chi connectivity index (χ4n) is 2.22. The number of alkyl halides is 6. The van der Waals surface area contributed by atoms with Gasteiger partial charge < -0.3 is 0 Å². The summed E-state index contributed by atoms with van der Waals surface area (Å²) < 4.78 is -3.66. The molecule has 0 nitrogen and oxygen atoms in total. The van der Waals surface area contributed by atoms with Crippen molar-refractivity contribution in [3.63, 3.8) is 0 Å². The molecule has 0 unspecified atom stereocenters. The molecule has 2 aliphatic carbocycles. The molecule has 0 aromatic rings. The lowest BCUT2D eigenvalue weighted by molar-refractivity contribution is 0.793. The molecule has 0 aromatic heterocycles. The van der Waals surface area contributed by atoms with Gasteiger partial charge in [-0.3, -0.25) is 0 Å². The maximum absolute atomic E-state index is 6.52. The van der Waals surface area contributed by atoms with Crippen molar-refractivity contribution < 1.29 is 0 Å². The summed E-state index contributed by atoms with van der Waals surface area (Å²) in [4.78, 5) is 0. The number of allylic oxidation sites excluding steroid dienone is 8. The topological polar surface area (TPSA) is 0 Å². The summed E-state index contributed by atoms with van der Waals surface area (Å²) in [5, 5.41) is 0.245. The highest BCUT2D eigenvalue weighted by Gasteiger charge is 2.57. The van der Waals surface area contributed by atoms with Crippen LogP contribution >= 0.6 is 101 Å². The highest BCUT2D eigenvalue weighted by atomic mass is 79.9. The van der Waals surface area contributed by atoms with Crippen LogP contribution in [0.25, 0.3) is 0 Å². The Morgan fingerprint density at radius 2 is 1.67 bits per heavy atom. The Kier molecular flexibility index (Phi) is 6.22. The molecule has 0 N–H and O–H groups in total. The number of hydrogen-bond donors (Lipinski definition) is 0. The van der Waals surface area contributed by atoms with Crippen LogP contribution in [0, 0.1) is 0 Å². The first-order valence-electron chi connectivity index (χ1n) is 5.83. The minimum absolute atomic E-state index is 0.00658. The van der Waals surface area contributed by atoms with Crippen molar-refractivity contribution in [2.75, 3.05) is 0 Å². The Balaban J connectivity index is 2.79. The van der Waals surface area contributed by atoms with Gasteiger partial charge in [-0.2, -0.15) is 0 Å². The summed E-state index contributed by atoms with van der Waals surface area (Å²) in [6.45, 7) is 0. The molecule has 0 saturated heterocycles. The van der Waals surface area contributed by atoms with E-state index in [0.717, 1.165) is 18.4 Å². The van der Waals surface area contributed by atoms with Crippen LogP contribution in [0.15, 0.2) is 45.0 Å². The van der Waals surface area contributed by atoms with Crippen molar-refractivity contribution in [1.82, 2.24) is 0 Å². The molecule has 116 valence electrons. The minimum atomic E-state index is -1.73. The average molecular weight is 537 g/mol. The van der Waals surface area contributed by atoms with Gasteiger partial charge in [0, 0.05) is 11.1 Å². The zero-order chi connectivity index (χ0) is 16.0. The monoisotopic (exact) mass is 532 g/mol. The molecular weight excluding hydrogens is 529 g/mol. The Morgan fingerprint density at radius 3 is 2.14 bits per heavy atom. The van der Waals surface area contributed by atoms with Crippen molar-refractivity contribution in [3.05, 3.63) is 45.0 Å². The standard InChI is InChI=1S/C13H8Br2Cl6/c14-11(15)7-8(6-4-2-1-3-5-6)12(18,19)13(20,21)10(17)9(7)16/h1-2,4,11H,3,5H2. The third-order valence-corrected chi connectivity index (χ3v) is 7.58. The lowest BCUT2D eigenvalue weighted by Crippen LogP contribution is -2.43. The van der Waals surface area contributed by atoms with Crippen LogP contribution in [0.2, 0.25) is 0 Å². The zero-order valence-electron chi connectivity index (χ0n) is 10.2. The molecule has 0 bridgehead atoms. The lowest BCUT2D eigenvalue weighted by Gasteiger charge is -2.41. The molecule has 0 radical (unpaired) electrons. The van der Waals surface area contributed by atoms with E-state index in [9.17, 15) is 0 Å². The highest BCUT2D eigenvalue weighted by molar-refractivity contribution is 9.24. The molecule has 0 saturated carbocycles. The molecule has 0 fully saturated rings. The molecule has 2 rings (SSSR count). The lowest BCUT2D eigenvalue weighted by atomic mass is 9.86. The van der Waals surface area contributed by atoms with E-state index in [4.69, 9.17) is 69.6 Å². The van der Waals surface area contributed by atoms with Gasteiger partial charge in [-0.05, 0) is 18.4 Å². The Hall–Kier alpha value is 1.66. The second-order valence-electron chi connectivity index (χ2n) is 4.52. The van der Waals surface area contributed by atoms with Crippen molar-refractivity contribution >= 4 is 101 Å². The SMILES string of the molecule is ClC1=C(Cl)C(Cl)(Cl)C(Cl)(Cl)C(C2=CC=CCC2)=C1C(Br)Br. The number of rotatable bonds is 2. The third kappa shape index (κ3) is 3.26. The van der Waals surface area contributed by atoms with E-state index in [1.165, 1.54) is 0 Å². The quantitative estimate of drug-likeness (QED) is 0.317. The van der Waals surface area contributed by atoms with Crippen molar-refractivity contribution in [1.29, 1.82) is 0 Å². The van der Waals surface area contributed by atoms with Gasteiger partial charge in [-0.1, -0.05) is 120 Å². The largest absolute Gasteiger partial charge is 0.191 e. The summed E-state index contributed by atoms with van der Waals surface area (Å²) in [5.74, 6) is 0. The predicted molar refractivity (Wildman–Crippen MR) is 103 cm³/mol. The van der Waals surface area contributed by atoms with Gasteiger partial charge in [0.1, 0.15) is 0 Å². The smallest absolute Gasteiger partial charge is 0.0925 e. The predicted octanol–water partition coefficient (Wildman–Crippen LogP) is 7.73. The summed E-state index contributed by atoms with van der Waals surface area (Å²) in [6.07, 6.45) is 7.54. The Bertz CT molecular complexity index is 583. The molecule has 2 aliphatic rings. The van der Waals surface area contributed by atoms with Gasteiger partial charge in [-0.25, -0.2) is 0 Å². The zero-order valence-corrected chi connectivity index (χ0v) is 18.0. The number of halogens is 8. The van der Waals surface area contributed by atoms with E-state index >= 15 is 0 Å². The first-order valence-corrected chi connectivity index (χ1v) is 9.93.